The Hall–Kier alpha value is -1.02. The van der Waals surface area contributed by atoms with Crippen LogP contribution in [-0.2, 0) is 4.74 Å². The summed E-state index contributed by atoms with van der Waals surface area (Å²) in [6, 6.07) is 7.84. The maximum Gasteiger partial charge on any atom is 0.170 e. The molecular formula is C8H10O2. The molecule has 1 aliphatic rings. The van der Waals surface area contributed by atoms with Crippen LogP contribution in [0.3, 0.4) is 0 Å². The number of rotatable bonds is 0. The highest BCUT2D eigenvalue weighted by Gasteiger charge is 2.15. The summed E-state index contributed by atoms with van der Waals surface area (Å²) < 4.78 is 9.19. The molecule has 0 radical (unpaired) electrons. The normalized spacial score (nSPS) is 10.2. The first-order valence-corrected chi connectivity index (χ1v) is 3.05. The van der Waals surface area contributed by atoms with E-state index in [1.54, 1.807) is 14.2 Å². The summed E-state index contributed by atoms with van der Waals surface area (Å²) >= 11 is 0. The van der Waals surface area contributed by atoms with Crippen molar-refractivity contribution in [3.63, 3.8) is 0 Å². The topological polar surface area (TPSA) is 21.8 Å². The molecule has 1 aromatic carbocycles. The molecule has 1 heterocycles. The van der Waals surface area contributed by atoms with Gasteiger partial charge in [-0.25, -0.2) is 0 Å². The predicted molar refractivity (Wildman–Crippen MR) is 39.4 cm³/mol. The lowest BCUT2D eigenvalue weighted by atomic mass is 10.4. The average Bonchev–Trinajstić information content (AvgIpc) is 2.66. The van der Waals surface area contributed by atoms with Gasteiger partial charge in [0.25, 0.3) is 0 Å². The van der Waals surface area contributed by atoms with E-state index in [4.69, 9.17) is 4.74 Å². The SMILES string of the molecule is COC.c1ccc2c(c1)O2. The summed E-state index contributed by atoms with van der Waals surface area (Å²) in [7, 11) is 3.25. The highest BCUT2D eigenvalue weighted by atomic mass is 16.6. The second-order valence-electron chi connectivity index (χ2n) is 1.96. The number of ether oxygens (including phenoxy) is 2. The van der Waals surface area contributed by atoms with Gasteiger partial charge in [0.2, 0.25) is 0 Å². The number of para-hydroxylation sites is 2. The molecule has 0 unspecified atom stereocenters. The summed E-state index contributed by atoms with van der Waals surface area (Å²) in [5.41, 5.74) is 0. The van der Waals surface area contributed by atoms with E-state index < -0.39 is 0 Å². The fourth-order valence-corrected chi connectivity index (χ4v) is 0.611. The van der Waals surface area contributed by atoms with Crippen LogP contribution in [0.4, 0.5) is 0 Å². The molecule has 0 spiro atoms. The van der Waals surface area contributed by atoms with E-state index in [0.717, 1.165) is 11.5 Å². The quantitative estimate of drug-likeness (QED) is 0.520. The molecule has 54 valence electrons. The minimum Gasteiger partial charge on any atom is -0.450 e. The number of methoxy groups -OCH3 is 1. The Bertz CT molecular complexity index is 187. The van der Waals surface area contributed by atoms with Gasteiger partial charge in [0.05, 0.1) is 0 Å². The van der Waals surface area contributed by atoms with Crippen LogP contribution in [0.15, 0.2) is 24.3 Å². The second kappa shape index (κ2) is 3.22. The van der Waals surface area contributed by atoms with Gasteiger partial charge >= 0.3 is 0 Å². The van der Waals surface area contributed by atoms with E-state index in [2.05, 4.69) is 4.74 Å². The Morgan fingerprint density at radius 3 is 1.80 bits per heavy atom. The Morgan fingerprint density at radius 2 is 1.50 bits per heavy atom. The number of hydrogen-bond acceptors (Lipinski definition) is 2. The maximum atomic E-state index is 4.94. The fraction of sp³-hybridized carbons (Fsp3) is 0.250. The molecule has 0 fully saturated rings. The van der Waals surface area contributed by atoms with Gasteiger partial charge in [0, 0.05) is 14.2 Å². The van der Waals surface area contributed by atoms with E-state index in [0.29, 0.717) is 0 Å². The van der Waals surface area contributed by atoms with Crippen molar-refractivity contribution in [2.45, 2.75) is 0 Å². The Labute approximate surface area is 60.4 Å². The monoisotopic (exact) mass is 138 g/mol. The molecule has 0 amide bonds. The molecule has 0 saturated carbocycles. The van der Waals surface area contributed by atoms with Crippen molar-refractivity contribution in [3.8, 4) is 11.5 Å². The van der Waals surface area contributed by atoms with Crippen LogP contribution < -0.4 is 4.74 Å². The minimum atomic E-state index is 1.03. The van der Waals surface area contributed by atoms with Crippen molar-refractivity contribution < 1.29 is 9.47 Å². The van der Waals surface area contributed by atoms with Crippen molar-refractivity contribution >= 4 is 0 Å². The molecule has 0 aliphatic carbocycles. The zero-order valence-corrected chi connectivity index (χ0v) is 6.13. The Morgan fingerprint density at radius 1 is 1.10 bits per heavy atom. The van der Waals surface area contributed by atoms with Crippen LogP contribution in [0.2, 0.25) is 0 Å². The van der Waals surface area contributed by atoms with Crippen molar-refractivity contribution in [1.82, 2.24) is 0 Å². The van der Waals surface area contributed by atoms with Gasteiger partial charge < -0.3 is 9.47 Å². The van der Waals surface area contributed by atoms with Gasteiger partial charge in [-0.2, -0.15) is 0 Å². The Kier molecular flexibility index (Phi) is 2.29. The smallest absolute Gasteiger partial charge is 0.170 e. The summed E-state index contributed by atoms with van der Waals surface area (Å²) in [5.74, 6) is 2.06. The van der Waals surface area contributed by atoms with Gasteiger partial charge in [-0.3, -0.25) is 0 Å². The first-order chi connectivity index (χ1) is 4.88. The molecule has 0 N–H and O–H groups in total. The third-order valence-corrected chi connectivity index (χ3v) is 1.03. The van der Waals surface area contributed by atoms with Crippen LogP contribution in [0.25, 0.3) is 0 Å². The van der Waals surface area contributed by atoms with Gasteiger partial charge in [-0.1, -0.05) is 12.1 Å². The molecule has 2 rings (SSSR count). The second-order valence-corrected chi connectivity index (χ2v) is 1.96. The van der Waals surface area contributed by atoms with Crippen molar-refractivity contribution in [3.05, 3.63) is 24.3 Å². The number of hydrogen-bond donors (Lipinski definition) is 0. The van der Waals surface area contributed by atoms with E-state index in [-0.39, 0.29) is 0 Å². The molecule has 0 aromatic heterocycles. The summed E-state index contributed by atoms with van der Waals surface area (Å²) in [6.07, 6.45) is 0. The van der Waals surface area contributed by atoms with E-state index in [9.17, 15) is 0 Å². The van der Waals surface area contributed by atoms with Gasteiger partial charge in [-0.05, 0) is 12.1 Å². The van der Waals surface area contributed by atoms with Crippen molar-refractivity contribution in [1.29, 1.82) is 0 Å². The third-order valence-electron chi connectivity index (χ3n) is 1.03. The summed E-state index contributed by atoms with van der Waals surface area (Å²) in [4.78, 5) is 0. The van der Waals surface area contributed by atoms with E-state index in [1.165, 1.54) is 0 Å². The first-order valence-electron chi connectivity index (χ1n) is 3.05. The zero-order chi connectivity index (χ0) is 7.40. The van der Waals surface area contributed by atoms with Gasteiger partial charge in [0.15, 0.2) is 11.5 Å². The lowest BCUT2D eigenvalue weighted by molar-refractivity contribution is 0.277. The minimum absolute atomic E-state index is 1.03. The first kappa shape index (κ1) is 7.09. The highest BCUT2D eigenvalue weighted by Crippen LogP contribution is 2.43. The summed E-state index contributed by atoms with van der Waals surface area (Å²) in [6.45, 7) is 0. The molecule has 0 atom stereocenters. The third kappa shape index (κ3) is 1.74. The molecule has 10 heavy (non-hydrogen) atoms. The standard InChI is InChI=1S/C6H4O.C2H6O/c1-2-4-6-5(3-1)7-6;1-3-2/h1-4H;1-2H3. The van der Waals surface area contributed by atoms with Crippen LogP contribution in [0, 0.1) is 0 Å². The van der Waals surface area contributed by atoms with E-state index >= 15 is 0 Å². The zero-order valence-electron chi connectivity index (χ0n) is 6.13. The number of fused-ring (bicyclic) bond motifs is 1. The van der Waals surface area contributed by atoms with Crippen LogP contribution in [0.1, 0.15) is 0 Å². The molecular weight excluding hydrogens is 128 g/mol. The molecule has 1 aliphatic heterocycles. The molecule has 0 bridgehead atoms. The predicted octanol–water partition coefficient (Wildman–Crippen LogP) is 2.05. The van der Waals surface area contributed by atoms with Crippen LogP contribution >= 0.6 is 0 Å². The van der Waals surface area contributed by atoms with Gasteiger partial charge in [0.1, 0.15) is 0 Å². The maximum absolute atomic E-state index is 4.94. The average molecular weight is 138 g/mol. The molecule has 0 saturated heterocycles. The van der Waals surface area contributed by atoms with E-state index in [1.807, 2.05) is 24.3 Å². The fourth-order valence-electron chi connectivity index (χ4n) is 0.611. The molecule has 2 heteroatoms. The van der Waals surface area contributed by atoms with Crippen molar-refractivity contribution in [2.75, 3.05) is 14.2 Å². The molecule has 1 aromatic rings. The van der Waals surface area contributed by atoms with Crippen molar-refractivity contribution in [2.24, 2.45) is 0 Å². The van der Waals surface area contributed by atoms with Crippen LogP contribution in [0.5, 0.6) is 11.5 Å². The lowest BCUT2D eigenvalue weighted by Crippen LogP contribution is -1.55. The van der Waals surface area contributed by atoms with Crippen LogP contribution in [-0.4, -0.2) is 14.2 Å². The molecule has 2 nitrogen and oxygen atoms in total. The largest absolute Gasteiger partial charge is 0.450 e. The Balaban J connectivity index is 0.000000148. The number of benzene rings is 1. The lowest BCUT2D eigenvalue weighted by Gasteiger charge is -1.61. The highest BCUT2D eigenvalue weighted by molar-refractivity contribution is 5.53. The summed E-state index contributed by atoms with van der Waals surface area (Å²) in [5, 5.41) is 0. The van der Waals surface area contributed by atoms with Gasteiger partial charge in [-0.15, -0.1) is 0 Å².